The summed E-state index contributed by atoms with van der Waals surface area (Å²) in [6, 6.07) is 4.55. The Kier molecular flexibility index (Phi) is 3.38. The average molecular weight is 237 g/mol. The van der Waals surface area contributed by atoms with Crippen molar-refractivity contribution < 1.29 is 9.50 Å². The zero-order valence-electron chi connectivity index (χ0n) is 10.5. The highest BCUT2D eigenvalue weighted by atomic mass is 19.1. The molecule has 0 aliphatic heterocycles. The number of phenolic OH excluding ortho intramolecular Hbond substituents is 1. The number of phenols is 1. The molecule has 1 aliphatic rings. The van der Waals surface area contributed by atoms with E-state index >= 15 is 0 Å². The second-order valence-electron chi connectivity index (χ2n) is 5.76. The standard InChI is InChI=1S/C14H20FNO/c1-14(2)6-5-12(8-14)16-9-10-7-11(15)3-4-13(10)17/h3-4,7,12,16-17H,5-6,8-9H2,1-2H3. The van der Waals surface area contributed by atoms with Crippen LogP contribution in [0.25, 0.3) is 0 Å². The summed E-state index contributed by atoms with van der Waals surface area (Å²) in [5.41, 5.74) is 1.04. The van der Waals surface area contributed by atoms with Gasteiger partial charge in [0.05, 0.1) is 0 Å². The van der Waals surface area contributed by atoms with Gasteiger partial charge in [0.2, 0.25) is 0 Å². The van der Waals surface area contributed by atoms with Crippen LogP contribution in [0.1, 0.15) is 38.7 Å². The Labute approximate surface area is 102 Å². The van der Waals surface area contributed by atoms with Crippen molar-refractivity contribution in [1.82, 2.24) is 5.32 Å². The Morgan fingerprint density at radius 2 is 2.24 bits per heavy atom. The molecule has 1 aromatic rings. The Hall–Kier alpha value is -1.09. The molecule has 2 nitrogen and oxygen atoms in total. The molecule has 2 rings (SSSR count). The molecule has 1 aromatic carbocycles. The first-order valence-electron chi connectivity index (χ1n) is 6.17. The lowest BCUT2D eigenvalue weighted by Gasteiger charge is -2.18. The number of rotatable bonds is 3. The Balaban J connectivity index is 1.92. The van der Waals surface area contributed by atoms with E-state index in [1.165, 1.54) is 24.6 Å². The zero-order chi connectivity index (χ0) is 12.5. The number of nitrogens with one attached hydrogen (secondary N) is 1. The Morgan fingerprint density at radius 3 is 2.88 bits per heavy atom. The predicted molar refractivity (Wildman–Crippen MR) is 66.3 cm³/mol. The van der Waals surface area contributed by atoms with Crippen LogP contribution in [0.5, 0.6) is 5.75 Å². The number of halogens is 1. The van der Waals surface area contributed by atoms with E-state index in [0.29, 0.717) is 23.6 Å². The van der Waals surface area contributed by atoms with Crippen LogP contribution in [0, 0.1) is 11.2 Å². The quantitative estimate of drug-likeness (QED) is 0.846. The van der Waals surface area contributed by atoms with Crippen molar-refractivity contribution in [2.45, 2.75) is 45.7 Å². The van der Waals surface area contributed by atoms with Crippen LogP contribution in [0.3, 0.4) is 0 Å². The van der Waals surface area contributed by atoms with Crippen LogP contribution in [-0.2, 0) is 6.54 Å². The van der Waals surface area contributed by atoms with Gasteiger partial charge in [0.25, 0.3) is 0 Å². The molecular weight excluding hydrogens is 217 g/mol. The van der Waals surface area contributed by atoms with Crippen molar-refractivity contribution in [3.05, 3.63) is 29.6 Å². The van der Waals surface area contributed by atoms with E-state index in [9.17, 15) is 9.50 Å². The molecule has 17 heavy (non-hydrogen) atoms. The second kappa shape index (κ2) is 4.65. The van der Waals surface area contributed by atoms with Crippen molar-refractivity contribution in [2.75, 3.05) is 0 Å². The van der Waals surface area contributed by atoms with E-state index in [4.69, 9.17) is 0 Å². The lowest BCUT2D eigenvalue weighted by Crippen LogP contribution is -2.26. The second-order valence-corrected chi connectivity index (χ2v) is 5.76. The molecule has 0 radical (unpaired) electrons. The van der Waals surface area contributed by atoms with E-state index in [2.05, 4.69) is 19.2 Å². The molecule has 0 spiro atoms. The Morgan fingerprint density at radius 1 is 1.47 bits per heavy atom. The molecular formula is C14H20FNO. The average Bonchev–Trinajstić information content (AvgIpc) is 2.60. The summed E-state index contributed by atoms with van der Waals surface area (Å²) in [6.45, 7) is 5.08. The van der Waals surface area contributed by atoms with Gasteiger partial charge in [-0.05, 0) is 42.9 Å². The zero-order valence-corrected chi connectivity index (χ0v) is 10.5. The lowest BCUT2D eigenvalue weighted by atomic mass is 9.92. The van der Waals surface area contributed by atoms with Gasteiger partial charge in [0.1, 0.15) is 11.6 Å². The molecule has 1 atom stereocenters. The smallest absolute Gasteiger partial charge is 0.123 e. The molecule has 1 saturated carbocycles. The summed E-state index contributed by atoms with van der Waals surface area (Å²) < 4.78 is 13.0. The predicted octanol–water partition coefficient (Wildman–Crippen LogP) is 3.20. The first-order valence-corrected chi connectivity index (χ1v) is 6.17. The van der Waals surface area contributed by atoms with Gasteiger partial charge < -0.3 is 10.4 Å². The van der Waals surface area contributed by atoms with Gasteiger partial charge in [-0.2, -0.15) is 0 Å². The SMILES string of the molecule is CC1(C)CCC(NCc2cc(F)ccc2O)C1. The van der Waals surface area contributed by atoms with Crippen LogP contribution in [-0.4, -0.2) is 11.1 Å². The van der Waals surface area contributed by atoms with E-state index in [1.807, 2.05) is 0 Å². The molecule has 0 aromatic heterocycles. The summed E-state index contributed by atoms with van der Waals surface area (Å²) in [4.78, 5) is 0. The van der Waals surface area contributed by atoms with Crippen molar-refractivity contribution in [3.8, 4) is 5.75 Å². The lowest BCUT2D eigenvalue weighted by molar-refractivity contribution is 0.363. The largest absolute Gasteiger partial charge is 0.508 e. The number of aromatic hydroxyl groups is 1. The van der Waals surface area contributed by atoms with Crippen LogP contribution in [0.15, 0.2) is 18.2 Å². The first-order chi connectivity index (χ1) is 7.96. The highest BCUT2D eigenvalue weighted by Gasteiger charge is 2.30. The molecule has 1 unspecified atom stereocenters. The van der Waals surface area contributed by atoms with Crippen LogP contribution < -0.4 is 5.32 Å². The van der Waals surface area contributed by atoms with Gasteiger partial charge in [-0.15, -0.1) is 0 Å². The molecule has 0 bridgehead atoms. The fraction of sp³-hybridized carbons (Fsp3) is 0.571. The summed E-state index contributed by atoms with van der Waals surface area (Å²) in [5.74, 6) is -0.137. The summed E-state index contributed by atoms with van der Waals surface area (Å²) in [6.07, 6.45) is 3.52. The molecule has 0 amide bonds. The first kappa shape index (κ1) is 12.4. The van der Waals surface area contributed by atoms with E-state index < -0.39 is 0 Å². The minimum Gasteiger partial charge on any atom is -0.508 e. The molecule has 3 heteroatoms. The van der Waals surface area contributed by atoms with Crippen LogP contribution >= 0.6 is 0 Å². The summed E-state index contributed by atoms with van der Waals surface area (Å²) in [5, 5.41) is 13.0. The third-order valence-corrected chi connectivity index (χ3v) is 3.59. The molecule has 0 heterocycles. The minimum absolute atomic E-state index is 0.163. The third-order valence-electron chi connectivity index (χ3n) is 3.59. The number of hydrogen-bond acceptors (Lipinski definition) is 2. The van der Waals surface area contributed by atoms with Crippen molar-refractivity contribution in [2.24, 2.45) is 5.41 Å². The minimum atomic E-state index is -0.300. The van der Waals surface area contributed by atoms with E-state index in [0.717, 1.165) is 12.8 Å². The monoisotopic (exact) mass is 237 g/mol. The van der Waals surface area contributed by atoms with Gasteiger partial charge in [-0.25, -0.2) is 4.39 Å². The fourth-order valence-corrected chi connectivity index (χ4v) is 2.56. The highest BCUT2D eigenvalue weighted by molar-refractivity contribution is 5.32. The normalized spacial score (nSPS) is 22.9. The van der Waals surface area contributed by atoms with Gasteiger partial charge in [0.15, 0.2) is 0 Å². The fourth-order valence-electron chi connectivity index (χ4n) is 2.56. The van der Waals surface area contributed by atoms with Crippen LogP contribution in [0.4, 0.5) is 4.39 Å². The van der Waals surface area contributed by atoms with Crippen molar-refractivity contribution in [1.29, 1.82) is 0 Å². The molecule has 1 aliphatic carbocycles. The summed E-state index contributed by atoms with van der Waals surface area (Å²) in [7, 11) is 0. The van der Waals surface area contributed by atoms with Crippen LogP contribution in [0.2, 0.25) is 0 Å². The van der Waals surface area contributed by atoms with Gasteiger partial charge >= 0.3 is 0 Å². The summed E-state index contributed by atoms with van der Waals surface area (Å²) >= 11 is 0. The van der Waals surface area contributed by atoms with Crippen molar-refractivity contribution in [3.63, 3.8) is 0 Å². The third kappa shape index (κ3) is 3.19. The molecule has 2 N–H and O–H groups in total. The number of hydrogen-bond donors (Lipinski definition) is 2. The number of benzene rings is 1. The maximum atomic E-state index is 13.0. The van der Waals surface area contributed by atoms with Gasteiger partial charge in [-0.1, -0.05) is 13.8 Å². The van der Waals surface area contributed by atoms with Crippen molar-refractivity contribution >= 4 is 0 Å². The van der Waals surface area contributed by atoms with Gasteiger partial charge in [-0.3, -0.25) is 0 Å². The maximum Gasteiger partial charge on any atom is 0.123 e. The Bertz CT molecular complexity index is 403. The highest BCUT2D eigenvalue weighted by Crippen LogP contribution is 2.37. The van der Waals surface area contributed by atoms with E-state index in [1.54, 1.807) is 0 Å². The maximum absolute atomic E-state index is 13.0. The molecule has 0 saturated heterocycles. The topological polar surface area (TPSA) is 32.3 Å². The van der Waals surface area contributed by atoms with E-state index in [-0.39, 0.29) is 11.6 Å². The molecule has 1 fully saturated rings. The van der Waals surface area contributed by atoms with Gasteiger partial charge in [0, 0.05) is 18.2 Å². The molecule has 94 valence electrons.